The van der Waals surface area contributed by atoms with Crippen LogP contribution in [-0.4, -0.2) is 18.0 Å². The molecule has 4 nitrogen and oxygen atoms in total. The molecule has 0 saturated heterocycles. The lowest BCUT2D eigenvalue weighted by Gasteiger charge is -2.07. The lowest BCUT2D eigenvalue weighted by atomic mass is 10.1. The summed E-state index contributed by atoms with van der Waals surface area (Å²) in [5.74, 6) is 1.10. The summed E-state index contributed by atoms with van der Waals surface area (Å²) in [4.78, 5) is 17.9. The van der Waals surface area contributed by atoms with Crippen molar-refractivity contribution in [3.05, 3.63) is 29.1 Å². The zero-order valence-corrected chi connectivity index (χ0v) is 13.7. The molecule has 1 saturated carbocycles. The summed E-state index contributed by atoms with van der Waals surface area (Å²) in [6, 6.07) is 7.82. The molecule has 116 valence electrons. The molecule has 1 amide bonds. The van der Waals surface area contributed by atoms with Gasteiger partial charge in [-0.1, -0.05) is 12.8 Å². The number of methoxy groups -OCH3 is 1. The van der Waals surface area contributed by atoms with Crippen molar-refractivity contribution < 1.29 is 9.53 Å². The Morgan fingerprint density at radius 1 is 1.27 bits per heavy atom. The quantitative estimate of drug-likeness (QED) is 0.917. The number of nitrogens with one attached hydrogen (secondary N) is 1. The van der Waals surface area contributed by atoms with Crippen LogP contribution < -0.4 is 10.1 Å². The Morgan fingerprint density at radius 3 is 2.59 bits per heavy atom. The fourth-order valence-corrected chi connectivity index (χ4v) is 3.70. The van der Waals surface area contributed by atoms with Crippen LogP contribution in [0.3, 0.4) is 0 Å². The number of carbonyl (C=O) groups excluding carboxylic acids is 1. The van der Waals surface area contributed by atoms with Gasteiger partial charge in [0.25, 0.3) is 0 Å². The van der Waals surface area contributed by atoms with Gasteiger partial charge in [0.15, 0.2) is 5.13 Å². The third-order valence-electron chi connectivity index (χ3n) is 4.12. The first kappa shape index (κ1) is 15.0. The molecule has 2 aromatic rings. The number of rotatable bonds is 4. The van der Waals surface area contributed by atoms with Crippen molar-refractivity contribution >= 4 is 22.4 Å². The number of carbonyl (C=O) groups is 1. The Labute approximate surface area is 134 Å². The van der Waals surface area contributed by atoms with Gasteiger partial charge in [0, 0.05) is 16.4 Å². The number of nitrogens with zero attached hydrogens (tertiary/aromatic N) is 1. The average Bonchev–Trinajstić information content (AvgIpc) is 3.17. The van der Waals surface area contributed by atoms with E-state index >= 15 is 0 Å². The van der Waals surface area contributed by atoms with E-state index < -0.39 is 0 Å². The number of benzene rings is 1. The third-order valence-corrected chi connectivity index (χ3v) is 5.00. The Hall–Kier alpha value is -1.88. The number of aromatic nitrogens is 1. The van der Waals surface area contributed by atoms with Crippen LogP contribution in [0.4, 0.5) is 5.13 Å². The van der Waals surface area contributed by atoms with E-state index in [-0.39, 0.29) is 11.8 Å². The van der Waals surface area contributed by atoms with E-state index in [1.165, 1.54) is 11.3 Å². The average molecular weight is 316 g/mol. The maximum Gasteiger partial charge on any atom is 0.229 e. The summed E-state index contributed by atoms with van der Waals surface area (Å²) < 4.78 is 5.18. The van der Waals surface area contributed by atoms with Crippen molar-refractivity contribution in [3.63, 3.8) is 0 Å². The van der Waals surface area contributed by atoms with Crippen LogP contribution in [0.2, 0.25) is 0 Å². The van der Waals surface area contributed by atoms with Crippen LogP contribution >= 0.6 is 11.3 Å². The van der Waals surface area contributed by atoms with Crippen LogP contribution in [0, 0.1) is 12.8 Å². The normalized spacial score (nSPS) is 15.0. The molecule has 0 bridgehead atoms. The Balaban J connectivity index is 1.76. The van der Waals surface area contributed by atoms with E-state index in [1.807, 2.05) is 31.2 Å². The molecule has 1 heterocycles. The van der Waals surface area contributed by atoms with Gasteiger partial charge in [0.1, 0.15) is 5.75 Å². The standard InChI is InChI=1S/C17H20N2O2S/c1-11-15(12-7-9-14(21-2)10-8-12)18-17(22-11)19-16(20)13-5-3-4-6-13/h7-10,13H,3-6H2,1-2H3,(H,18,19,20). The van der Waals surface area contributed by atoms with E-state index in [0.717, 1.165) is 47.6 Å². The molecule has 1 aromatic carbocycles. The van der Waals surface area contributed by atoms with E-state index in [0.29, 0.717) is 5.13 Å². The highest BCUT2D eigenvalue weighted by Crippen LogP contribution is 2.32. The van der Waals surface area contributed by atoms with Crippen molar-refractivity contribution in [2.24, 2.45) is 5.92 Å². The largest absolute Gasteiger partial charge is 0.497 e. The zero-order valence-electron chi connectivity index (χ0n) is 12.9. The zero-order chi connectivity index (χ0) is 15.5. The molecule has 5 heteroatoms. The third kappa shape index (κ3) is 3.14. The number of hydrogen-bond donors (Lipinski definition) is 1. The fourth-order valence-electron chi connectivity index (χ4n) is 2.86. The number of hydrogen-bond acceptors (Lipinski definition) is 4. The van der Waals surface area contributed by atoms with Crippen molar-refractivity contribution in [1.82, 2.24) is 4.98 Å². The highest BCUT2D eigenvalue weighted by molar-refractivity contribution is 7.16. The summed E-state index contributed by atoms with van der Waals surface area (Å²) in [7, 11) is 1.65. The van der Waals surface area contributed by atoms with Crippen molar-refractivity contribution in [3.8, 4) is 17.0 Å². The second-order valence-electron chi connectivity index (χ2n) is 5.62. The molecule has 1 aliphatic carbocycles. The number of anilines is 1. The van der Waals surface area contributed by atoms with Crippen LogP contribution in [-0.2, 0) is 4.79 Å². The minimum absolute atomic E-state index is 0.118. The van der Waals surface area contributed by atoms with Gasteiger partial charge < -0.3 is 10.1 Å². The number of aryl methyl sites for hydroxylation is 1. The first-order chi connectivity index (χ1) is 10.7. The maximum absolute atomic E-state index is 12.2. The smallest absolute Gasteiger partial charge is 0.229 e. The van der Waals surface area contributed by atoms with Crippen molar-refractivity contribution in [2.75, 3.05) is 12.4 Å². The van der Waals surface area contributed by atoms with Gasteiger partial charge in [-0.25, -0.2) is 4.98 Å². The van der Waals surface area contributed by atoms with Crippen LogP contribution in [0.1, 0.15) is 30.6 Å². The molecule has 0 aliphatic heterocycles. The molecule has 0 radical (unpaired) electrons. The van der Waals surface area contributed by atoms with Gasteiger partial charge in [-0.2, -0.15) is 0 Å². The lowest BCUT2D eigenvalue weighted by molar-refractivity contribution is -0.119. The van der Waals surface area contributed by atoms with Gasteiger partial charge in [-0.05, 0) is 44.0 Å². The Morgan fingerprint density at radius 2 is 1.95 bits per heavy atom. The summed E-state index contributed by atoms with van der Waals surface area (Å²) >= 11 is 1.53. The summed E-state index contributed by atoms with van der Waals surface area (Å²) in [6.07, 6.45) is 4.32. The molecule has 22 heavy (non-hydrogen) atoms. The molecule has 0 spiro atoms. The summed E-state index contributed by atoms with van der Waals surface area (Å²) in [5.41, 5.74) is 1.96. The van der Waals surface area contributed by atoms with Gasteiger partial charge in [0.05, 0.1) is 12.8 Å². The van der Waals surface area contributed by atoms with E-state index in [4.69, 9.17) is 4.74 Å². The van der Waals surface area contributed by atoms with Crippen molar-refractivity contribution in [2.45, 2.75) is 32.6 Å². The Bertz CT molecular complexity index is 658. The molecule has 0 atom stereocenters. The van der Waals surface area contributed by atoms with E-state index in [1.54, 1.807) is 7.11 Å². The summed E-state index contributed by atoms with van der Waals surface area (Å²) in [5, 5.41) is 3.68. The second kappa shape index (κ2) is 6.48. The molecule has 1 aliphatic rings. The number of thiazole rings is 1. The van der Waals surface area contributed by atoms with Gasteiger partial charge in [-0.15, -0.1) is 11.3 Å². The first-order valence-corrected chi connectivity index (χ1v) is 8.41. The highest BCUT2D eigenvalue weighted by Gasteiger charge is 2.23. The topological polar surface area (TPSA) is 51.2 Å². The van der Waals surface area contributed by atoms with E-state index in [2.05, 4.69) is 10.3 Å². The van der Waals surface area contributed by atoms with Gasteiger partial charge >= 0.3 is 0 Å². The summed E-state index contributed by atoms with van der Waals surface area (Å²) in [6.45, 7) is 2.03. The number of ether oxygens (including phenoxy) is 1. The molecular formula is C17H20N2O2S. The minimum Gasteiger partial charge on any atom is -0.497 e. The van der Waals surface area contributed by atoms with Crippen LogP contribution in [0.15, 0.2) is 24.3 Å². The lowest BCUT2D eigenvalue weighted by Crippen LogP contribution is -2.20. The molecule has 1 fully saturated rings. The molecule has 1 aromatic heterocycles. The maximum atomic E-state index is 12.2. The SMILES string of the molecule is COc1ccc(-c2nc(NC(=O)C3CCCC3)sc2C)cc1. The molecular weight excluding hydrogens is 296 g/mol. The predicted octanol–water partition coefficient (Wildman–Crippen LogP) is 4.26. The van der Waals surface area contributed by atoms with Crippen molar-refractivity contribution in [1.29, 1.82) is 0 Å². The predicted molar refractivity (Wildman–Crippen MR) is 89.4 cm³/mol. The van der Waals surface area contributed by atoms with E-state index in [9.17, 15) is 4.79 Å². The first-order valence-electron chi connectivity index (χ1n) is 7.60. The van der Waals surface area contributed by atoms with Gasteiger partial charge in [-0.3, -0.25) is 4.79 Å². The van der Waals surface area contributed by atoms with Gasteiger partial charge in [0.2, 0.25) is 5.91 Å². The number of amides is 1. The molecule has 3 rings (SSSR count). The monoisotopic (exact) mass is 316 g/mol. The molecule has 0 unspecified atom stereocenters. The fraction of sp³-hybridized carbons (Fsp3) is 0.412. The molecule has 1 N–H and O–H groups in total. The van der Waals surface area contributed by atoms with Crippen LogP contribution in [0.5, 0.6) is 5.75 Å². The second-order valence-corrected chi connectivity index (χ2v) is 6.83. The Kier molecular flexibility index (Phi) is 4.43. The highest BCUT2D eigenvalue weighted by atomic mass is 32.1. The minimum atomic E-state index is 0.118. The van der Waals surface area contributed by atoms with Crippen LogP contribution in [0.25, 0.3) is 11.3 Å².